The molecule has 0 radical (unpaired) electrons. The first-order valence-corrected chi connectivity index (χ1v) is 12.1. The number of nitrogens with zero attached hydrogens (tertiary/aromatic N) is 4. The lowest BCUT2D eigenvalue weighted by molar-refractivity contribution is -0.144. The highest BCUT2D eigenvalue weighted by Crippen LogP contribution is 2.35. The third-order valence-corrected chi connectivity index (χ3v) is 7.66. The number of rotatable bonds is 4. The van der Waals surface area contributed by atoms with Crippen LogP contribution >= 0.6 is 0 Å². The quantitative estimate of drug-likeness (QED) is 0.664. The van der Waals surface area contributed by atoms with Gasteiger partial charge in [-0.25, -0.2) is 13.1 Å². The van der Waals surface area contributed by atoms with Gasteiger partial charge in [-0.15, -0.1) is 5.10 Å². The van der Waals surface area contributed by atoms with E-state index in [1.807, 2.05) is 20.8 Å². The second-order valence-corrected chi connectivity index (χ2v) is 11.6. The normalized spacial score (nSPS) is 27.6. The Morgan fingerprint density at radius 3 is 2.63 bits per heavy atom. The molecule has 11 heteroatoms. The van der Waals surface area contributed by atoms with Gasteiger partial charge in [-0.1, -0.05) is 26.0 Å². The Kier molecular flexibility index (Phi) is 6.24. The van der Waals surface area contributed by atoms with E-state index in [1.165, 1.54) is 16.6 Å². The highest BCUT2D eigenvalue weighted by atomic mass is 32.2. The molecule has 30 heavy (non-hydrogen) atoms. The van der Waals surface area contributed by atoms with Crippen molar-refractivity contribution < 1.29 is 23.1 Å². The predicted molar refractivity (Wildman–Crippen MR) is 109 cm³/mol. The van der Waals surface area contributed by atoms with Gasteiger partial charge in [0.25, 0.3) is 0 Å². The number of β-amino-alcohol motifs (C(OH)–C–C–N with tert-alkyl or cyclic N) is 1. The maximum absolute atomic E-state index is 13.5. The molecule has 1 aromatic heterocycles. The van der Waals surface area contributed by atoms with Crippen LogP contribution in [0.2, 0.25) is 0 Å². The van der Waals surface area contributed by atoms with E-state index in [9.17, 15) is 23.1 Å². The molecule has 2 amide bonds. The van der Waals surface area contributed by atoms with E-state index in [0.717, 1.165) is 0 Å². The molecule has 3 heterocycles. The Balaban J connectivity index is 1.89. The van der Waals surface area contributed by atoms with Crippen molar-refractivity contribution in [2.45, 2.75) is 64.1 Å². The van der Waals surface area contributed by atoms with E-state index in [0.29, 0.717) is 18.5 Å². The van der Waals surface area contributed by atoms with Crippen molar-refractivity contribution in [2.75, 3.05) is 25.1 Å². The summed E-state index contributed by atoms with van der Waals surface area (Å²) in [6.45, 7) is 5.75. The number of sulfone groups is 1. The van der Waals surface area contributed by atoms with Gasteiger partial charge < -0.3 is 15.3 Å². The molecule has 0 spiro atoms. The van der Waals surface area contributed by atoms with E-state index in [1.54, 1.807) is 6.20 Å². The first kappa shape index (κ1) is 22.7. The Hall–Kier alpha value is -2.01. The van der Waals surface area contributed by atoms with Gasteiger partial charge in [0.15, 0.2) is 9.84 Å². The summed E-state index contributed by atoms with van der Waals surface area (Å²) in [5.74, 6) is -0.643. The van der Waals surface area contributed by atoms with E-state index in [-0.39, 0.29) is 42.2 Å². The van der Waals surface area contributed by atoms with Gasteiger partial charge >= 0.3 is 0 Å². The van der Waals surface area contributed by atoms with Gasteiger partial charge in [-0.2, -0.15) is 0 Å². The number of carbonyl (C=O) groups excluding carboxylic acids is 2. The number of amides is 2. The smallest absolute Gasteiger partial charge is 0.248 e. The molecular formula is C19H31N5O5S. The van der Waals surface area contributed by atoms with Crippen molar-refractivity contribution >= 4 is 21.7 Å². The largest absolute Gasteiger partial charge is 0.391 e. The average Bonchev–Trinajstić information content (AvgIpc) is 3.26. The SMILES string of the molecule is CNC(=O)[C@H]1C[C@H](O)CN1C(=O)[C@@H](n1cc(C2CCCS(=O)(=O)C2)nn1)C(C)(C)C. The number of carbonyl (C=O) groups is 2. The molecule has 1 aromatic rings. The van der Waals surface area contributed by atoms with Crippen molar-refractivity contribution in [1.82, 2.24) is 25.2 Å². The van der Waals surface area contributed by atoms with Crippen molar-refractivity contribution in [3.05, 3.63) is 11.9 Å². The summed E-state index contributed by atoms with van der Waals surface area (Å²) in [7, 11) is -1.60. The summed E-state index contributed by atoms with van der Waals surface area (Å²) < 4.78 is 25.5. The molecule has 2 fully saturated rings. The highest BCUT2D eigenvalue weighted by molar-refractivity contribution is 7.91. The first-order valence-electron chi connectivity index (χ1n) is 10.2. The third kappa shape index (κ3) is 4.66. The zero-order chi connectivity index (χ0) is 22.3. The summed E-state index contributed by atoms with van der Waals surface area (Å²) in [5.41, 5.74) is 0.00576. The standard InChI is InChI=1S/C19H31N5O5S/c1-19(2,3)16(18(27)23-9-13(25)8-15(23)17(26)20-4)24-10-14(21-22-24)12-6-5-7-30(28,29)11-12/h10,12-13,15-16,25H,5-9,11H2,1-4H3,(H,20,26)/t12?,13-,15+,16+/m0/s1. The molecule has 1 unspecified atom stereocenters. The average molecular weight is 442 g/mol. The zero-order valence-electron chi connectivity index (χ0n) is 17.9. The molecule has 2 aliphatic heterocycles. The molecule has 2 saturated heterocycles. The molecular weight excluding hydrogens is 410 g/mol. The van der Waals surface area contributed by atoms with Gasteiger partial charge in [-0.3, -0.25) is 9.59 Å². The van der Waals surface area contributed by atoms with Gasteiger partial charge in [0.05, 0.1) is 23.3 Å². The molecule has 4 atom stereocenters. The molecule has 0 bridgehead atoms. The van der Waals surface area contributed by atoms with Crippen LogP contribution in [0.25, 0.3) is 0 Å². The molecule has 2 N–H and O–H groups in total. The minimum absolute atomic E-state index is 0.0386. The van der Waals surface area contributed by atoms with Gasteiger partial charge in [0.1, 0.15) is 12.1 Å². The van der Waals surface area contributed by atoms with Crippen LogP contribution in [0.1, 0.15) is 57.7 Å². The number of likely N-dealkylation sites (N-methyl/N-ethyl adjacent to an activating group) is 1. The van der Waals surface area contributed by atoms with E-state index in [4.69, 9.17) is 0 Å². The molecule has 0 saturated carbocycles. The van der Waals surface area contributed by atoms with Crippen LogP contribution < -0.4 is 5.32 Å². The lowest BCUT2D eigenvalue weighted by Gasteiger charge is -2.34. The number of hydrogen-bond donors (Lipinski definition) is 2. The maximum atomic E-state index is 13.5. The van der Waals surface area contributed by atoms with Crippen molar-refractivity contribution in [3.63, 3.8) is 0 Å². The Morgan fingerprint density at radius 1 is 1.33 bits per heavy atom. The van der Waals surface area contributed by atoms with Crippen molar-refractivity contribution in [2.24, 2.45) is 5.41 Å². The number of hydrogen-bond acceptors (Lipinski definition) is 7. The Labute approximate surface area is 176 Å². The number of aliphatic hydroxyl groups excluding tert-OH is 1. The minimum Gasteiger partial charge on any atom is -0.391 e. The van der Waals surface area contributed by atoms with Crippen LogP contribution in [0.4, 0.5) is 0 Å². The molecule has 0 aromatic carbocycles. The summed E-state index contributed by atoms with van der Waals surface area (Å²) in [5, 5.41) is 21.0. The zero-order valence-corrected chi connectivity index (χ0v) is 18.7. The number of likely N-dealkylation sites (tertiary alicyclic amines) is 1. The van der Waals surface area contributed by atoms with Gasteiger partial charge in [0.2, 0.25) is 11.8 Å². The Bertz CT molecular complexity index is 907. The minimum atomic E-state index is -3.10. The van der Waals surface area contributed by atoms with Gasteiger partial charge in [-0.05, 0) is 18.3 Å². The summed E-state index contributed by atoms with van der Waals surface area (Å²) in [6.07, 6.45) is 2.37. The van der Waals surface area contributed by atoms with Gasteiger partial charge in [0, 0.05) is 32.1 Å². The first-order chi connectivity index (χ1) is 13.9. The number of aliphatic hydroxyl groups is 1. The van der Waals surface area contributed by atoms with E-state index >= 15 is 0 Å². The fourth-order valence-corrected chi connectivity index (χ4v) is 6.09. The number of nitrogens with one attached hydrogen (secondary N) is 1. The van der Waals surface area contributed by atoms with Crippen LogP contribution in [0.15, 0.2) is 6.20 Å². The fourth-order valence-electron chi connectivity index (χ4n) is 4.37. The van der Waals surface area contributed by atoms with E-state index in [2.05, 4.69) is 15.6 Å². The second kappa shape index (κ2) is 8.26. The van der Waals surface area contributed by atoms with Crippen LogP contribution in [-0.2, 0) is 19.4 Å². The molecule has 3 rings (SSSR count). The maximum Gasteiger partial charge on any atom is 0.248 e. The number of aromatic nitrogens is 3. The molecule has 168 valence electrons. The second-order valence-electron chi connectivity index (χ2n) is 9.36. The fraction of sp³-hybridized carbons (Fsp3) is 0.789. The lowest BCUT2D eigenvalue weighted by atomic mass is 9.85. The van der Waals surface area contributed by atoms with Crippen LogP contribution in [0.3, 0.4) is 0 Å². The highest BCUT2D eigenvalue weighted by Gasteiger charge is 2.45. The van der Waals surface area contributed by atoms with Crippen molar-refractivity contribution in [1.29, 1.82) is 0 Å². The predicted octanol–water partition coefficient (Wildman–Crippen LogP) is -0.135. The topological polar surface area (TPSA) is 134 Å². The monoisotopic (exact) mass is 441 g/mol. The van der Waals surface area contributed by atoms with Crippen LogP contribution in [-0.4, -0.2) is 82.5 Å². The van der Waals surface area contributed by atoms with E-state index < -0.39 is 33.4 Å². The third-order valence-electron chi connectivity index (χ3n) is 5.84. The molecule has 10 nitrogen and oxygen atoms in total. The summed E-state index contributed by atoms with van der Waals surface area (Å²) in [6, 6.07) is -1.50. The van der Waals surface area contributed by atoms with Crippen LogP contribution in [0, 0.1) is 5.41 Å². The van der Waals surface area contributed by atoms with Crippen LogP contribution in [0.5, 0.6) is 0 Å². The summed E-state index contributed by atoms with van der Waals surface area (Å²) in [4.78, 5) is 27.2. The van der Waals surface area contributed by atoms with Crippen molar-refractivity contribution in [3.8, 4) is 0 Å². The summed E-state index contributed by atoms with van der Waals surface area (Å²) >= 11 is 0. The lowest BCUT2D eigenvalue weighted by Crippen LogP contribution is -2.49. The molecule has 0 aliphatic carbocycles. The Morgan fingerprint density at radius 2 is 2.03 bits per heavy atom. The molecule has 2 aliphatic rings.